The topological polar surface area (TPSA) is 78.9 Å². The highest BCUT2D eigenvalue weighted by atomic mass is 16.6. The van der Waals surface area contributed by atoms with Gasteiger partial charge in [-0.2, -0.15) is 0 Å². The first-order chi connectivity index (χ1) is 30.1. The molecule has 0 rings (SSSR count). The van der Waals surface area contributed by atoms with Gasteiger partial charge in [0.25, 0.3) is 0 Å². The molecule has 6 nitrogen and oxygen atoms in total. The smallest absolute Gasteiger partial charge is 0.306 e. The van der Waals surface area contributed by atoms with Crippen molar-refractivity contribution in [3.8, 4) is 0 Å². The van der Waals surface area contributed by atoms with E-state index in [2.05, 4.69) is 41.5 Å². The molecule has 368 valence electrons. The normalized spacial score (nSPS) is 12.1. The average molecular weight is 877 g/mol. The Balaban J connectivity index is 4.21. The highest BCUT2D eigenvalue weighted by Crippen LogP contribution is 2.18. The molecule has 0 radical (unpaired) electrons. The van der Waals surface area contributed by atoms with Crippen molar-refractivity contribution in [2.24, 2.45) is 17.8 Å². The zero-order chi connectivity index (χ0) is 45.6. The summed E-state index contributed by atoms with van der Waals surface area (Å²) in [6.45, 7) is 13.7. The van der Waals surface area contributed by atoms with Crippen molar-refractivity contribution >= 4 is 17.9 Å². The predicted octanol–water partition coefficient (Wildman–Crippen LogP) is 17.9. The molecule has 0 amide bonds. The molecule has 1 atom stereocenters. The zero-order valence-electron chi connectivity index (χ0n) is 42.7. The Bertz CT molecular complexity index is 960. The van der Waals surface area contributed by atoms with E-state index in [1.807, 2.05) is 0 Å². The third-order valence-corrected chi connectivity index (χ3v) is 12.6. The molecular weight excluding hydrogens is 769 g/mol. The fourth-order valence-electron chi connectivity index (χ4n) is 8.47. The first-order valence-corrected chi connectivity index (χ1v) is 27.6. The Morgan fingerprint density at radius 1 is 0.274 bits per heavy atom. The van der Waals surface area contributed by atoms with E-state index < -0.39 is 6.10 Å². The van der Waals surface area contributed by atoms with Crippen molar-refractivity contribution in [1.29, 1.82) is 0 Å². The van der Waals surface area contributed by atoms with Gasteiger partial charge in [-0.3, -0.25) is 14.4 Å². The van der Waals surface area contributed by atoms with Gasteiger partial charge in [0.2, 0.25) is 0 Å². The zero-order valence-corrected chi connectivity index (χ0v) is 42.7. The average Bonchev–Trinajstić information content (AvgIpc) is 3.23. The van der Waals surface area contributed by atoms with Crippen molar-refractivity contribution in [3.05, 3.63) is 0 Å². The van der Waals surface area contributed by atoms with E-state index in [0.29, 0.717) is 19.3 Å². The fraction of sp³-hybridized carbons (Fsp3) is 0.946. The Labute approximate surface area is 387 Å². The van der Waals surface area contributed by atoms with Gasteiger partial charge in [-0.05, 0) is 37.0 Å². The van der Waals surface area contributed by atoms with Gasteiger partial charge >= 0.3 is 17.9 Å². The lowest BCUT2D eigenvalue weighted by Gasteiger charge is -2.18. The van der Waals surface area contributed by atoms with Crippen LogP contribution in [-0.4, -0.2) is 37.2 Å². The lowest BCUT2D eigenvalue weighted by molar-refractivity contribution is -0.167. The van der Waals surface area contributed by atoms with Gasteiger partial charge < -0.3 is 14.2 Å². The minimum absolute atomic E-state index is 0.0650. The summed E-state index contributed by atoms with van der Waals surface area (Å²) in [5.74, 6) is 1.59. The van der Waals surface area contributed by atoms with E-state index in [1.54, 1.807) is 0 Å². The number of esters is 3. The minimum atomic E-state index is -0.763. The molecule has 6 heteroatoms. The quantitative estimate of drug-likeness (QED) is 0.0344. The second kappa shape index (κ2) is 47.4. The Hall–Kier alpha value is -1.59. The number of carbonyl (C=O) groups excluding carboxylic acids is 3. The van der Waals surface area contributed by atoms with Crippen molar-refractivity contribution < 1.29 is 28.6 Å². The molecule has 0 saturated heterocycles. The molecule has 0 saturated carbocycles. The Morgan fingerprint density at radius 3 is 0.694 bits per heavy atom. The molecule has 0 fully saturated rings. The van der Waals surface area contributed by atoms with Gasteiger partial charge in [-0.15, -0.1) is 0 Å². The standard InChI is InChI=1S/C56H108O6/c1-50(2)42-36-30-24-20-16-13-11-9-7-8-10-12-14-18-23-27-35-41-47-56(59)62-53(49-61-55(58)46-40-34-29-28-32-38-44-52(5)6)48-60-54(57)45-39-33-26-22-19-15-17-21-25-31-37-43-51(3)4/h50-53H,7-49H2,1-6H3/t53-/m0/s1. The van der Waals surface area contributed by atoms with Crippen LogP contribution in [0.15, 0.2) is 0 Å². The predicted molar refractivity (Wildman–Crippen MR) is 266 cm³/mol. The molecule has 0 spiro atoms. The summed E-state index contributed by atoms with van der Waals surface area (Å²) < 4.78 is 16.8. The molecule has 0 heterocycles. The van der Waals surface area contributed by atoms with E-state index in [4.69, 9.17) is 14.2 Å². The van der Waals surface area contributed by atoms with E-state index in [1.165, 1.54) is 186 Å². The molecule has 0 aromatic heterocycles. The van der Waals surface area contributed by atoms with Crippen LogP contribution in [0.5, 0.6) is 0 Å². The van der Waals surface area contributed by atoms with Gasteiger partial charge in [0.05, 0.1) is 0 Å². The maximum absolute atomic E-state index is 12.8. The van der Waals surface area contributed by atoms with Crippen LogP contribution in [0.1, 0.15) is 305 Å². The molecule has 0 N–H and O–H groups in total. The van der Waals surface area contributed by atoms with Gasteiger partial charge in [-0.25, -0.2) is 0 Å². The van der Waals surface area contributed by atoms with Crippen LogP contribution >= 0.6 is 0 Å². The summed E-state index contributed by atoms with van der Waals surface area (Å²) in [5.41, 5.74) is 0. The number of hydrogen-bond acceptors (Lipinski definition) is 6. The fourth-order valence-corrected chi connectivity index (χ4v) is 8.47. The summed E-state index contributed by atoms with van der Waals surface area (Å²) in [4.78, 5) is 38.0. The van der Waals surface area contributed by atoms with Crippen molar-refractivity contribution in [3.63, 3.8) is 0 Å². The first kappa shape index (κ1) is 60.4. The lowest BCUT2D eigenvalue weighted by atomic mass is 10.0. The van der Waals surface area contributed by atoms with Crippen molar-refractivity contribution in [2.75, 3.05) is 13.2 Å². The minimum Gasteiger partial charge on any atom is -0.462 e. The maximum atomic E-state index is 12.8. The largest absolute Gasteiger partial charge is 0.462 e. The molecule has 0 aliphatic rings. The molecule has 0 aliphatic heterocycles. The number of carbonyl (C=O) groups is 3. The van der Waals surface area contributed by atoms with Crippen LogP contribution in [0.2, 0.25) is 0 Å². The van der Waals surface area contributed by atoms with E-state index in [0.717, 1.165) is 75.5 Å². The van der Waals surface area contributed by atoms with Crippen molar-refractivity contribution in [2.45, 2.75) is 311 Å². The van der Waals surface area contributed by atoms with Crippen LogP contribution in [0.4, 0.5) is 0 Å². The number of hydrogen-bond donors (Lipinski definition) is 0. The molecule has 0 aliphatic carbocycles. The van der Waals surface area contributed by atoms with Crippen LogP contribution < -0.4 is 0 Å². The summed E-state index contributed by atoms with van der Waals surface area (Å²) >= 11 is 0. The summed E-state index contributed by atoms with van der Waals surface area (Å²) in [6.07, 6.45) is 48.3. The number of ether oxygens (including phenoxy) is 3. The first-order valence-electron chi connectivity index (χ1n) is 27.6. The Morgan fingerprint density at radius 2 is 0.468 bits per heavy atom. The molecule has 62 heavy (non-hydrogen) atoms. The highest BCUT2D eigenvalue weighted by Gasteiger charge is 2.19. The Kier molecular flexibility index (Phi) is 46.2. The lowest BCUT2D eigenvalue weighted by Crippen LogP contribution is -2.30. The van der Waals surface area contributed by atoms with Gasteiger partial charge in [0, 0.05) is 19.3 Å². The second-order valence-corrected chi connectivity index (χ2v) is 20.6. The third kappa shape index (κ3) is 49.4. The molecular formula is C56H108O6. The third-order valence-electron chi connectivity index (χ3n) is 12.6. The number of rotatable bonds is 49. The van der Waals surface area contributed by atoms with Crippen LogP contribution in [0.25, 0.3) is 0 Å². The van der Waals surface area contributed by atoms with Crippen LogP contribution in [0.3, 0.4) is 0 Å². The van der Waals surface area contributed by atoms with Gasteiger partial charge in [-0.1, -0.05) is 266 Å². The van der Waals surface area contributed by atoms with Crippen LogP contribution in [-0.2, 0) is 28.6 Å². The summed E-state index contributed by atoms with van der Waals surface area (Å²) in [5, 5.41) is 0. The van der Waals surface area contributed by atoms with E-state index >= 15 is 0 Å². The summed E-state index contributed by atoms with van der Waals surface area (Å²) in [7, 11) is 0. The van der Waals surface area contributed by atoms with Crippen LogP contribution in [0, 0.1) is 17.8 Å². The van der Waals surface area contributed by atoms with E-state index in [-0.39, 0.29) is 31.1 Å². The molecule has 0 bridgehead atoms. The monoisotopic (exact) mass is 877 g/mol. The van der Waals surface area contributed by atoms with E-state index in [9.17, 15) is 14.4 Å². The van der Waals surface area contributed by atoms with Gasteiger partial charge in [0.1, 0.15) is 13.2 Å². The maximum Gasteiger partial charge on any atom is 0.306 e. The highest BCUT2D eigenvalue weighted by molar-refractivity contribution is 5.71. The second-order valence-electron chi connectivity index (χ2n) is 20.6. The molecule has 0 unspecified atom stereocenters. The molecule has 0 aromatic rings. The number of unbranched alkanes of at least 4 members (excludes halogenated alkanes) is 32. The van der Waals surface area contributed by atoms with Gasteiger partial charge in [0.15, 0.2) is 6.10 Å². The summed E-state index contributed by atoms with van der Waals surface area (Å²) in [6, 6.07) is 0. The molecule has 0 aromatic carbocycles. The van der Waals surface area contributed by atoms with Crippen molar-refractivity contribution in [1.82, 2.24) is 0 Å². The SMILES string of the molecule is CC(C)CCCCCCCCCCCCCCCCCCCCC(=O)O[C@@H](COC(=O)CCCCCCCCCCCCCC(C)C)COC(=O)CCCCCCCCC(C)C.